The summed E-state index contributed by atoms with van der Waals surface area (Å²) in [7, 11) is 3.45. The van der Waals surface area contributed by atoms with E-state index in [9.17, 15) is 4.39 Å². The van der Waals surface area contributed by atoms with Gasteiger partial charge in [-0.25, -0.2) is 14.4 Å². The lowest BCUT2D eigenvalue weighted by Gasteiger charge is -2.29. The Labute approximate surface area is 201 Å². The molecule has 0 saturated carbocycles. The molecule has 1 fully saturated rings. The van der Waals surface area contributed by atoms with Gasteiger partial charge < -0.3 is 30.0 Å². The molecule has 1 aliphatic rings. The van der Waals surface area contributed by atoms with Gasteiger partial charge in [-0.1, -0.05) is 17.7 Å². The molecule has 0 atom stereocenters. The summed E-state index contributed by atoms with van der Waals surface area (Å²) in [6.45, 7) is 3.19. The Kier molecular flexibility index (Phi) is 5.89. The third kappa shape index (κ3) is 4.08. The molecule has 8 nitrogen and oxygen atoms in total. The molecule has 4 aromatic rings. The van der Waals surface area contributed by atoms with E-state index >= 15 is 0 Å². The number of hydrogen-bond donors (Lipinski definition) is 2. The Morgan fingerprint density at radius 2 is 2.00 bits per heavy atom. The average Bonchev–Trinajstić information content (AvgIpc) is 3.18. The first-order chi connectivity index (χ1) is 16.4. The monoisotopic (exact) mass is 482 g/mol. The van der Waals surface area contributed by atoms with Gasteiger partial charge in [-0.3, -0.25) is 0 Å². The van der Waals surface area contributed by atoms with E-state index in [2.05, 4.69) is 43.0 Å². The summed E-state index contributed by atoms with van der Waals surface area (Å²) in [5.41, 5.74) is 9.85. The van der Waals surface area contributed by atoms with Gasteiger partial charge in [-0.2, -0.15) is 0 Å². The molecule has 2 aromatic heterocycles. The van der Waals surface area contributed by atoms with Crippen LogP contribution < -0.4 is 20.7 Å². The maximum atomic E-state index is 13.8. The lowest BCUT2D eigenvalue weighted by molar-refractivity contribution is 0.122. The number of methoxy groups -OCH3 is 1. The molecule has 3 heterocycles. The SMILES string of the molecule is COc1cc(F)c(N)cc1Nc1ncc(Cl)c(-c2cn(C)c3cc(N4CCOCC4)ccc23)n1. The summed E-state index contributed by atoms with van der Waals surface area (Å²) in [6, 6.07) is 9.02. The Bertz CT molecular complexity index is 1370. The third-order valence-corrected chi connectivity index (χ3v) is 6.19. The minimum Gasteiger partial charge on any atom is -0.494 e. The van der Waals surface area contributed by atoms with Gasteiger partial charge in [0.25, 0.3) is 0 Å². The largest absolute Gasteiger partial charge is 0.494 e. The summed E-state index contributed by atoms with van der Waals surface area (Å²) in [5, 5.41) is 4.50. The number of halogens is 2. The van der Waals surface area contributed by atoms with Crippen molar-refractivity contribution < 1.29 is 13.9 Å². The zero-order chi connectivity index (χ0) is 23.8. The van der Waals surface area contributed by atoms with E-state index in [-0.39, 0.29) is 17.4 Å². The summed E-state index contributed by atoms with van der Waals surface area (Å²) in [4.78, 5) is 11.3. The molecule has 10 heteroatoms. The number of anilines is 4. The minimum atomic E-state index is -0.563. The minimum absolute atomic E-state index is 0.0115. The molecule has 2 aromatic carbocycles. The van der Waals surface area contributed by atoms with E-state index in [0.29, 0.717) is 16.4 Å². The Morgan fingerprint density at radius 1 is 1.21 bits per heavy atom. The van der Waals surface area contributed by atoms with Crippen LogP contribution in [-0.4, -0.2) is 47.9 Å². The summed E-state index contributed by atoms with van der Waals surface area (Å²) < 4.78 is 26.6. The number of morpholine rings is 1. The Hall–Kier alpha value is -3.56. The number of aromatic nitrogens is 3. The number of rotatable bonds is 5. The summed E-state index contributed by atoms with van der Waals surface area (Å²) in [6.07, 6.45) is 3.54. The second-order valence-corrected chi connectivity index (χ2v) is 8.45. The highest BCUT2D eigenvalue weighted by Gasteiger charge is 2.18. The van der Waals surface area contributed by atoms with Crippen LogP contribution in [0.2, 0.25) is 5.02 Å². The quantitative estimate of drug-likeness (QED) is 0.402. The first kappa shape index (κ1) is 22.2. The number of nitrogens with two attached hydrogens (primary N) is 1. The molecular weight excluding hydrogens is 459 g/mol. The highest BCUT2D eigenvalue weighted by molar-refractivity contribution is 6.33. The number of aryl methyl sites for hydroxylation is 1. The second kappa shape index (κ2) is 9.00. The van der Waals surface area contributed by atoms with Crippen LogP contribution in [0.25, 0.3) is 22.2 Å². The van der Waals surface area contributed by atoms with Gasteiger partial charge in [-0.15, -0.1) is 0 Å². The van der Waals surface area contributed by atoms with Gasteiger partial charge >= 0.3 is 0 Å². The number of benzene rings is 2. The van der Waals surface area contributed by atoms with Crippen molar-refractivity contribution in [3.05, 3.63) is 53.6 Å². The molecule has 1 saturated heterocycles. The lowest BCUT2D eigenvalue weighted by atomic mass is 10.1. The topological polar surface area (TPSA) is 90.5 Å². The van der Waals surface area contributed by atoms with Crippen molar-refractivity contribution >= 4 is 45.5 Å². The van der Waals surface area contributed by atoms with Crippen molar-refractivity contribution in [2.24, 2.45) is 7.05 Å². The van der Waals surface area contributed by atoms with Crippen LogP contribution in [0, 0.1) is 5.82 Å². The van der Waals surface area contributed by atoms with Crippen molar-refractivity contribution in [1.29, 1.82) is 0 Å². The highest BCUT2D eigenvalue weighted by Crippen LogP contribution is 2.36. The van der Waals surface area contributed by atoms with E-state index in [1.807, 2.05) is 13.2 Å². The van der Waals surface area contributed by atoms with Crippen LogP contribution in [-0.2, 0) is 11.8 Å². The van der Waals surface area contributed by atoms with Crippen LogP contribution in [0.3, 0.4) is 0 Å². The zero-order valence-corrected chi connectivity index (χ0v) is 19.6. The summed E-state index contributed by atoms with van der Waals surface area (Å²) >= 11 is 6.52. The molecule has 0 spiro atoms. The van der Waals surface area contributed by atoms with Crippen LogP contribution in [0.5, 0.6) is 5.75 Å². The fourth-order valence-corrected chi connectivity index (χ4v) is 4.35. The molecular formula is C24H24ClFN6O2. The predicted molar refractivity (Wildman–Crippen MR) is 133 cm³/mol. The van der Waals surface area contributed by atoms with E-state index in [4.69, 9.17) is 26.8 Å². The Balaban J connectivity index is 1.52. The highest BCUT2D eigenvalue weighted by atomic mass is 35.5. The van der Waals surface area contributed by atoms with E-state index in [1.165, 1.54) is 25.4 Å². The number of nitrogens with one attached hydrogen (secondary N) is 1. The molecule has 1 aliphatic heterocycles. The third-order valence-electron chi connectivity index (χ3n) is 5.91. The molecule has 0 aliphatic carbocycles. The van der Waals surface area contributed by atoms with Crippen LogP contribution in [0.1, 0.15) is 0 Å². The molecule has 0 radical (unpaired) electrons. The predicted octanol–water partition coefficient (Wildman–Crippen LogP) is 4.60. The van der Waals surface area contributed by atoms with Gasteiger partial charge in [0, 0.05) is 49.0 Å². The fraction of sp³-hybridized carbons (Fsp3) is 0.250. The molecule has 5 rings (SSSR count). The maximum Gasteiger partial charge on any atom is 0.227 e. The number of fused-ring (bicyclic) bond motifs is 1. The second-order valence-electron chi connectivity index (χ2n) is 8.04. The van der Waals surface area contributed by atoms with Crippen molar-refractivity contribution in [2.45, 2.75) is 0 Å². The van der Waals surface area contributed by atoms with E-state index in [1.54, 1.807) is 0 Å². The Morgan fingerprint density at radius 3 is 2.76 bits per heavy atom. The number of nitrogen functional groups attached to an aromatic ring is 1. The van der Waals surface area contributed by atoms with Crippen molar-refractivity contribution in [3.63, 3.8) is 0 Å². The smallest absolute Gasteiger partial charge is 0.227 e. The van der Waals surface area contributed by atoms with Gasteiger partial charge in [0.15, 0.2) is 0 Å². The average molecular weight is 483 g/mol. The zero-order valence-electron chi connectivity index (χ0n) is 18.8. The molecule has 0 bridgehead atoms. The van der Waals surface area contributed by atoms with Gasteiger partial charge in [0.05, 0.1) is 54.1 Å². The van der Waals surface area contributed by atoms with Crippen LogP contribution >= 0.6 is 11.6 Å². The standard InChI is InChI=1S/C24H24ClFN6O2/c1-31-13-16(15-4-3-14(9-21(15)31)32-5-7-34-8-6-32)23-17(25)12-28-24(30-23)29-20-11-19(27)18(26)10-22(20)33-2/h3-4,9-13H,5-8,27H2,1-2H3,(H,28,29,30). The van der Waals surface area contributed by atoms with E-state index in [0.717, 1.165) is 48.5 Å². The maximum absolute atomic E-state index is 13.8. The molecule has 0 amide bonds. The van der Waals surface area contributed by atoms with Crippen molar-refractivity contribution in [2.75, 3.05) is 49.4 Å². The fourth-order valence-electron chi connectivity index (χ4n) is 4.15. The first-order valence-corrected chi connectivity index (χ1v) is 11.2. The van der Waals surface area contributed by atoms with E-state index < -0.39 is 5.82 Å². The van der Waals surface area contributed by atoms with Crippen LogP contribution in [0.15, 0.2) is 42.7 Å². The van der Waals surface area contributed by atoms with Crippen molar-refractivity contribution in [3.8, 4) is 17.0 Å². The number of hydrogen-bond acceptors (Lipinski definition) is 7. The van der Waals surface area contributed by atoms with Crippen molar-refractivity contribution in [1.82, 2.24) is 14.5 Å². The van der Waals surface area contributed by atoms with Gasteiger partial charge in [0.1, 0.15) is 11.6 Å². The van der Waals surface area contributed by atoms with Gasteiger partial charge in [0.2, 0.25) is 5.95 Å². The van der Waals surface area contributed by atoms with Crippen LogP contribution in [0.4, 0.5) is 27.4 Å². The van der Waals surface area contributed by atoms with Gasteiger partial charge in [-0.05, 0) is 18.2 Å². The lowest BCUT2D eigenvalue weighted by Crippen LogP contribution is -2.36. The molecule has 3 N–H and O–H groups in total. The molecule has 0 unspecified atom stereocenters. The number of ether oxygens (including phenoxy) is 2. The number of nitrogens with zero attached hydrogens (tertiary/aromatic N) is 4. The molecule has 34 heavy (non-hydrogen) atoms. The first-order valence-electron chi connectivity index (χ1n) is 10.8. The molecule has 176 valence electrons. The summed E-state index contributed by atoms with van der Waals surface area (Å²) in [5.74, 6) is 0.00516. The normalized spacial score (nSPS) is 13.9.